The molecule has 0 aliphatic heterocycles. The summed E-state index contributed by atoms with van der Waals surface area (Å²) < 4.78 is 55.1. The molecule has 1 aromatic carbocycles. The fourth-order valence-electron chi connectivity index (χ4n) is 2.33. The van der Waals surface area contributed by atoms with Gasteiger partial charge in [-0.1, -0.05) is 5.21 Å². The zero-order chi connectivity index (χ0) is 21.3. The number of rotatable bonds is 11. The van der Waals surface area contributed by atoms with Gasteiger partial charge in [0, 0.05) is 13.2 Å². The Morgan fingerprint density at radius 1 is 1.17 bits per heavy atom. The number of hydrogen-bond acceptors (Lipinski definition) is 6. The normalized spacial score (nSPS) is 11.7. The lowest BCUT2D eigenvalue weighted by Gasteiger charge is -2.16. The summed E-state index contributed by atoms with van der Waals surface area (Å²) in [6.45, 7) is 5.17. The second-order valence-electron chi connectivity index (χ2n) is 5.79. The van der Waals surface area contributed by atoms with Gasteiger partial charge in [0.25, 0.3) is 5.91 Å². The van der Waals surface area contributed by atoms with Gasteiger partial charge in [0.1, 0.15) is 12.4 Å². The van der Waals surface area contributed by atoms with Crippen molar-refractivity contribution in [2.75, 3.05) is 26.4 Å². The molecule has 1 aromatic heterocycles. The molecule has 0 saturated carbocycles. The van der Waals surface area contributed by atoms with Crippen LogP contribution >= 0.6 is 0 Å². The summed E-state index contributed by atoms with van der Waals surface area (Å²) in [5, 5.41) is 10.3. The molecule has 2 aromatic rings. The van der Waals surface area contributed by atoms with E-state index < -0.39 is 23.9 Å². The molecule has 0 aliphatic rings. The van der Waals surface area contributed by atoms with E-state index in [1.165, 1.54) is 23.0 Å². The molecule has 1 amide bonds. The third kappa shape index (κ3) is 7.35. The minimum absolute atomic E-state index is 0.0853. The molecule has 11 heteroatoms. The Kier molecular flexibility index (Phi) is 8.40. The third-order valence-electron chi connectivity index (χ3n) is 3.65. The highest BCUT2D eigenvalue weighted by Gasteiger charge is 2.30. The lowest BCUT2D eigenvalue weighted by molar-refractivity contribution is -0.145. The van der Waals surface area contributed by atoms with Crippen LogP contribution in [-0.4, -0.2) is 53.6 Å². The zero-order valence-electron chi connectivity index (χ0n) is 16.1. The average molecular weight is 416 g/mol. The van der Waals surface area contributed by atoms with Crippen molar-refractivity contribution >= 4 is 5.91 Å². The van der Waals surface area contributed by atoms with Gasteiger partial charge in [-0.15, -0.1) is 5.10 Å². The SMILES string of the molecule is CCOC(Cn1cc(C(=O)NCCOc2ccc(C(F)(F)F)cc2)nn1)OCC. The van der Waals surface area contributed by atoms with Crippen molar-refractivity contribution in [3.63, 3.8) is 0 Å². The summed E-state index contributed by atoms with van der Waals surface area (Å²) in [6, 6.07) is 4.32. The van der Waals surface area contributed by atoms with Gasteiger partial charge in [0.15, 0.2) is 12.0 Å². The summed E-state index contributed by atoms with van der Waals surface area (Å²) in [7, 11) is 0. The lowest BCUT2D eigenvalue weighted by Crippen LogP contribution is -2.28. The molecule has 1 heterocycles. The highest BCUT2D eigenvalue weighted by Crippen LogP contribution is 2.30. The van der Waals surface area contributed by atoms with Crippen molar-refractivity contribution in [2.45, 2.75) is 32.9 Å². The first-order chi connectivity index (χ1) is 13.8. The number of ether oxygens (including phenoxy) is 3. The molecule has 2 rings (SSSR count). The molecule has 0 aliphatic carbocycles. The van der Waals surface area contributed by atoms with Crippen molar-refractivity contribution in [3.8, 4) is 5.75 Å². The van der Waals surface area contributed by atoms with Gasteiger partial charge in [-0.3, -0.25) is 4.79 Å². The molecular weight excluding hydrogens is 393 g/mol. The van der Waals surface area contributed by atoms with E-state index in [0.29, 0.717) is 19.8 Å². The maximum Gasteiger partial charge on any atom is 0.416 e. The van der Waals surface area contributed by atoms with Crippen LogP contribution in [0.3, 0.4) is 0 Å². The Hall–Kier alpha value is -2.66. The summed E-state index contributed by atoms with van der Waals surface area (Å²) in [6.07, 6.45) is -3.41. The van der Waals surface area contributed by atoms with Gasteiger partial charge >= 0.3 is 6.18 Å². The summed E-state index contributed by atoms with van der Waals surface area (Å²) in [4.78, 5) is 12.1. The Balaban J connectivity index is 1.76. The number of nitrogens with one attached hydrogen (secondary N) is 1. The number of benzene rings is 1. The number of hydrogen-bond donors (Lipinski definition) is 1. The molecular formula is C18H23F3N4O4. The zero-order valence-corrected chi connectivity index (χ0v) is 16.1. The first kappa shape index (κ1) is 22.6. The van der Waals surface area contributed by atoms with Crippen molar-refractivity contribution in [3.05, 3.63) is 41.7 Å². The first-order valence-electron chi connectivity index (χ1n) is 9.05. The summed E-state index contributed by atoms with van der Waals surface area (Å²) in [5.41, 5.74) is -0.636. The molecule has 160 valence electrons. The highest BCUT2D eigenvalue weighted by molar-refractivity contribution is 5.91. The Morgan fingerprint density at radius 3 is 2.41 bits per heavy atom. The van der Waals surface area contributed by atoms with Crippen molar-refractivity contribution in [2.24, 2.45) is 0 Å². The fourth-order valence-corrected chi connectivity index (χ4v) is 2.33. The number of halogens is 3. The Labute approximate surface area is 165 Å². The van der Waals surface area contributed by atoms with Gasteiger partial charge in [-0.2, -0.15) is 13.2 Å². The number of carbonyl (C=O) groups excluding carboxylic acids is 1. The molecule has 0 fully saturated rings. The fraction of sp³-hybridized carbons (Fsp3) is 0.500. The Bertz CT molecular complexity index is 759. The predicted octanol–water partition coefficient (Wildman–Crippen LogP) is 2.50. The number of nitrogens with zero attached hydrogens (tertiary/aromatic N) is 3. The first-order valence-corrected chi connectivity index (χ1v) is 9.05. The van der Waals surface area contributed by atoms with Crippen LogP contribution in [-0.2, 0) is 22.2 Å². The average Bonchev–Trinajstić information content (AvgIpc) is 3.14. The van der Waals surface area contributed by atoms with E-state index in [1.807, 2.05) is 13.8 Å². The minimum atomic E-state index is -4.39. The van der Waals surface area contributed by atoms with Gasteiger partial charge in [0.2, 0.25) is 0 Å². The topological polar surface area (TPSA) is 87.5 Å². The van der Waals surface area contributed by atoms with Crippen LogP contribution in [0, 0.1) is 0 Å². The molecule has 0 radical (unpaired) electrons. The predicted molar refractivity (Wildman–Crippen MR) is 96.3 cm³/mol. The molecule has 1 N–H and O–H groups in total. The van der Waals surface area contributed by atoms with Crippen molar-refractivity contribution in [1.29, 1.82) is 0 Å². The molecule has 0 spiro atoms. The highest BCUT2D eigenvalue weighted by atomic mass is 19.4. The van der Waals surface area contributed by atoms with E-state index in [-0.39, 0.29) is 24.6 Å². The molecule has 0 bridgehead atoms. The van der Waals surface area contributed by atoms with Crippen LogP contribution in [0.1, 0.15) is 29.9 Å². The van der Waals surface area contributed by atoms with E-state index in [0.717, 1.165) is 12.1 Å². The molecule has 0 atom stereocenters. The third-order valence-corrected chi connectivity index (χ3v) is 3.65. The second-order valence-corrected chi connectivity index (χ2v) is 5.79. The standard InChI is InChI=1S/C18H23F3N4O4/c1-3-27-16(28-4-2)12-25-11-15(23-24-25)17(26)22-9-10-29-14-7-5-13(6-8-14)18(19,20)21/h5-8,11,16H,3-4,9-10,12H2,1-2H3,(H,22,26). The number of amides is 1. The lowest BCUT2D eigenvalue weighted by atomic mass is 10.2. The van der Waals surface area contributed by atoms with Gasteiger partial charge in [0.05, 0.1) is 24.8 Å². The number of aromatic nitrogens is 3. The smallest absolute Gasteiger partial charge is 0.416 e. The summed E-state index contributed by atoms with van der Waals surface area (Å²) >= 11 is 0. The monoisotopic (exact) mass is 416 g/mol. The Morgan fingerprint density at radius 2 is 1.83 bits per heavy atom. The van der Waals surface area contributed by atoms with Gasteiger partial charge < -0.3 is 19.5 Å². The summed E-state index contributed by atoms with van der Waals surface area (Å²) in [5.74, 6) is -0.173. The molecule has 29 heavy (non-hydrogen) atoms. The maximum absolute atomic E-state index is 12.5. The van der Waals surface area contributed by atoms with Crippen LogP contribution in [0.25, 0.3) is 0 Å². The van der Waals surface area contributed by atoms with E-state index in [1.54, 1.807) is 0 Å². The van der Waals surface area contributed by atoms with Crippen LogP contribution in [0.4, 0.5) is 13.2 Å². The number of carbonyl (C=O) groups is 1. The van der Waals surface area contributed by atoms with Crippen LogP contribution in [0.5, 0.6) is 5.75 Å². The van der Waals surface area contributed by atoms with E-state index in [2.05, 4.69) is 15.6 Å². The van der Waals surface area contributed by atoms with Gasteiger partial charge in [-0.05, 0) is 38.1 Å². The molecule has 8 nitrogen and oxygen atoms in total. The van der Waals surface area contributed by atoms with E-state index in [9.17, 15) is 18.0 Å². The van der Waals surface area contributed by atoms with Crippen molar-refractivity contribution < 1.29 is 32.2 Å². The van der Waals surface area contributed by atoms with Crippen LogP contribution < -0.4 is 10.1 Å². The van der Waals surface area contributed by atoms with Crippen molar-refractivity contribution in [1.82, 2.24) is 20.3 Å². The second kappa shape index (κ2) is 10.8. The maximum atomic E-state index is 12.5. The van der Waals surface area contributed by atoms with E-state index >= 15 is 0 Å². The molecule has 0 saturated heterocycles. The molecule has 0 unspecified atom stereocenters. The van der Waals surface area contributed by atoms with E-state index in [4.69, 9.17) is 14.2 Å². The largest absolute Gasteiger partial charge is 0.492 e. The minimum Gasteiger partial charge on any atom is -0.492 e. The van der Waals surface area contributed by atoms with Crippen LogP contribution in [0.15, 0.2) is 30.5 Å². The van der Waals surface area contributed by atoms with Gasteiger partial charge in [-0.25, -0.2) is 4.68 Å². The number of alkyl halides is 3. The quantitative estimate of drug-likeness (QED) is 0.447. The van der Waals surface area contributed by atoms with Crippen LogP contribution in [0.2, 0.25) is 0 Å².